The van der Waals surface area contributed by atoms with Gasteiger partial charge in [0.2, 0.25) is 0 Å². The van der Waals surface area contributed by atoms with Crippen molar-refractivity contribution in [1.82, 2.24) is 25.0 Å². The number of hydrogen-bond acceptors (Lipinski definition) is 7. The van der Waals surface area contributed by atoms with Crippen LogP contribution < -0.4 is 11.1 Å². The Morgan fingerprint density at radius 2 is 2.00 bits per heavy atom. The minimum absolute atomic E-state index is 0.519. The zero-order valence-electron chi connectivity index (χ0n) is 13.2. The summed E-state index contributed by atoms with van der Waals surface area (Å²) in [6.07, 6.45) is 3.98. The molecule has 3 N–H and O–H groups in total. The summed E-state index contributed by atoms with van der Waals surface area (Å²) in [5.41, 5.74) is 11.5. The molecule has 7 nitrogen and oxygen atoms in total. The maximum absolute atomic E-state index is 5.80. The summed E-state index contributed by atoms with van der Waals surface area (Å²) in [4.78, 5) is 10.8. The topological polar surface area (TPSA) is 94.5 Å². The van der Waals surface area contributed by atoms with Gasteiger partial charge in [-0.2, -0.15) is 15.0 Å². The van der Waals surface area contributed by atoms with Gasteiger partial charge in [0.15, 0.2) is 5.13 Å². The molecule has 0 bridgehead atoms. The Kier molecular flexibility index (Phi) is 3.83. The van der Waals surface area contributed by atoms with E-state index in [-0.39, 0.29) is 0 Å². The van der Waals surface area contributed by atoms with Crippen molar-refractivity contribution in [1.29, 1.82) is 0 Å². The second-order valence-electron chi connectivity index (χ2n) is 5.58. The molecule has 0 atom stereocenters. The Morgan fingerprint density at radius 3 is 2.67 bits per heavy atom. The number of rotatable bonds is 5. The van der Waals surface area contributed by atoms with E-state index in [0.29, 0.717) is 6.54 Å². The smallest absolute Gasteiger partial charge is 0.187 e. The third-order valence-corrected chi connectivity index (χ3v) is 4.52. The highest BCUT2D eigenvalue weighted by molar-refractivity contribution is 7.14. The van der Waals surface area contributed by atoms with E-state index in [2.05, 4.69) is 25.5 Å². The third kappa shape index (κ3) is 3.06. The molecule has 3 aromatic heterocycles. The van der Waals surface area contributed by atoms with Crippen molar-refractivity contribution in [3.05, 3.63) is 41.0 Å². The van der Waals surface area contributed by atoms with Crippen LogP contribution in [0.15, 0.2) is 41.0 Å². The highest BCUT2D eigenvalue weighted by Crippen LogP contribution is 2.33. The molecule has 4 rings (SSSR count). The van der Waals surface area contributed by atoms with Crippen LogP contribution in [0, 0.1) is 0 Å². The summed E-state index contributed by atoms with van der Waals surface area (Å²) in [6.45, 7) is 0.519. The van der Waals surface area contributed by atoms with Crippen molar-refractivity contribution >= 4 is 16.5 Å². The highest BCUT2D eigenvalue weighted by Gasteiger charge is 2.18. The van der Waals surface area contributed by atoms with Crippen molar-refractivity contribution in [3.8, 4) is 22.8 Å². The largest absolute Gasteiger partial charge is 0.334 e. The molecule has 1 fully saturated rings. The number of pyridine rings is 1. The summed E-state index contributed by atoms with van der Waals surface area (Å²) in [7, 11) is 1.79. The minimum atomic E-state index is 0.519. The van der Waals surface area contributed by atoms with Crippen LogP contribution in [0.25, 0.3) is 22.8 Å². The Bertz CT molecular complexity index is 903. The Labute approximate surface area is 143 Å². The molecule has 0 unspecified atom stereocenters. The highest BCUT2D eigenvalue weighted by atomic mass is 32.1. The quantitative estimate of drug-likeness (QED) is 0.741. The number of nitrogens with one attached hydrogen (secondary N) is 1. The summed E-state index contributed by atoms with van der Waals surface area (Å²) < 4.78 is 0. The molecule has 8 heteroatoms. The van der Waals surface area contributed by atoms with E-state index < -0.39 is 0 Å². The molecule has 3 aromatic rings. The molecule has 3 heterocycles. The number of nitrogens with zero attached hydrogens (tertiary/aromatic N) is 5. The molecule has 1 aliphatic rings. The molecule has 0 spiro atoms. The van der Waals surface area contributed by atoms with Crippen molar-refractivity contribution in [2.24, 2.45) is 12.8 Å². The molecule has 0 saturated heterocycles. The fraction of sp³-hybridized carbons (Fsp3) is 0.250. The lowest BCUT2D eigenvalue weighted by Crippen LogP contribution is -2.11. The van der Waals surface area contributed by atoms with Gasteiger partial charge in [0.05, 0.1) is 17.6 Å². The van der Waals surface area contributed by atoms with Crippen molar-refractivity contribution < 1.29 is 0 Å². The first-order valence-electron chi connectivity index (χ1n) is 7.70. The van der Waals surface area contributed by atoms with E-state index >= 15 is 0 Å². The average molecular weight is 339 g/mol. The van der Waals surface area contributed by atoms with Crippen LogP contribution in [0.1, 0.15) is 12.8 Å². The Morgan fingerprint density at radius 1 is 1.21 bits per heavy atom. The molecule has 1 saturated carbocycles. The van der Waals surface area contributed by atoms with E-state index in [1.165, 1.54) is 10.4 Å². The number of aryl methyl sites for hydroxylation is 1. The first kappa shape index (κ1) is 15.0. The number of nitrogens with two attached hydrogens (primary N) is 1. The third-order valence-electron chi connectivity index (χ3n) is 3.77. The number of hydrogen-bond donors (Lipinski definition) is 2. The molecule has 24 heavy (non-hydrogen) atoms. The molecular formula is C16H17N7S. The predicted molar refractivity (Wildman–Crippen MR) is 94.3 cm³/mol. The van der Waals surface area contributed by atoms with Crippen LogP contribution in [0.2, 0.25) is 0 Å². The average Bonchev–Trinajstić information content (AvgIpc) is 3.18. The van der Waals surface area contributed by atoms with Crippen molar-refractivity contribution in [3.63, 3.8) is 0 Å². The second-order valence-corrected chi connectivity index (χ2v) is 6.43. The van der Waals surface area contributed by atoms with Crippen LogP contribution in [-0.4, -0.2) is 31.5 Å². The van der Waals surface area contributed by atoms with Gasteiger partial charge in [0.25, 0.3) is 0 Å². The SMILES string of the molecule is Cn1ncc(-c2cccc(-c3csc(NC(CN)=C4CC4)n3)n2)n1. The van der Waals surface area contributed by atoms with E-state index in [1.54, 1.807) is 24.6 Å². The summed E-state index contributed by atoms with van der Waals surface area (Å²) >= 11 is 1.56. The maximum atomic E-state index is 5.80. The first-order chi connectivity index (χ1) is 11.7. The van der Waals surface area contributed by atoms with Gasteiger partial charge in [0.1, 0.15) is 11.4 Å². The van der Waals surface area contributed by atoms with Gasteiger partial charge < -0.3 is 11.1 Å². The Hall–Kier alpha value is -2.58. The molecule has 0 amide bonds. The fourth-order valence-corrected chi connectivity index (χ4v) is 3.14. The van der Waals surface area contributed by atoms with Gasteiger partial charge in [0, 0.05) is 24.7 Å². The number of allylic oxidation sites excluding steroid dienone is 1. The van der Waals surface area contributed by atoms with Crippen molar-refractivity contribution in [2.45, 2.75) is 12.8 Å². The maximum Gasteiger partial charge on any atom is 0.187 e. The lowest BCUT2D eigenvalue weighted by molar-refractivity contribution is 0.655. The Balaban J connectivity index is 1.59. The molecule has 0 aliphatic heterocycles. The van der Waals surface area contributed by atoms with Crippen LogP contribution in [0.4, 0.5) is 5.13 Å². The lowest BCUT2D eigenvalue weighted by Gasteiger charge is -2.04. The van der Waals surface area contributed by atoms with Gasteiger partial charge in [-0.15, -0.1) is 11.3 Å². The van der Waals surface area contributed by atoms with Gasteiger partial charge in [-0.3, -0.25) is 0 Å². The van der Waals surface area contributed by atoms with Gasteiger partial charge >= 0.3 is 0 Å². The van der Waals surface area contributed by atoms with Crippen LogP contribution in [0.5, 0.6) is 0 Å². The molecule has 0 radical (unpaired) electrons. The van der Waals surface area contributed by atoms with E-state index in [0.717, 1.165) is 46.4 Å². The number of thiazole rings is 1. The zero-order chi connectivity index (χ0) is 16.5. The second kappa shape index (κ2) is 6.14. The fourth-order valence-electron chi connectivity index (χ4n) is 2.41. The van der Waals surface area contributed by atoms with Gasteiger partial charge in [-0.05, 0) is 30.5 Å². The monoisotopic (exact) mass is 339 g/mol. The van der Waals surface area contributed by atoms with E-state index in [4.69, 9.17) is 5.73 Å². The number of anilines is 1. The summed E-state index contributed by atoms with van der Waals surface area (Å²) in [6, 6.07) is 5.82. The first-order valence-corrected chi connectivity index (χ1v) is 8.58. The summed E-state index contributed by atoms with van der Waals surface area (Å²) in [5, 5.41) is 14.6. The van der Waals surface area contributed by atoms with Crippen LogP contribution >= 0.6 is 11.3 Å². The van der Waals surface area contributed by atoms with Gasteiger partial charge in [-0.1, -0.05) is 6.07 Å². The molecular weight excluding hydrogens is 322 g/mol. The molecule has 1 aliphatic carbocycles. The standard InChI is InChI=1S/C16H17N7S/c1-23-18-8-14(22-23)11-3-2-4-12(19-11)15-9-24-16(21-15)20-13(7-17)10-5-6-10/h2-4,8-9H,5-7,17H2,1H3,(H,20,21). The molecule has 0 aromatic carbocycles. The van der Waals surface area contributed by atoms with Crippen LogP contribution in [-0.2, 0) is 7.05 Å². The zero-order valence-corrected chi connectivity index (χ0v) is 14.0. The van der Waals surface area contributed by atoms with E-state index in [1.807, 2.05) is 23.6 Å². The lowest BCUT2D eigenvalue weighted by atomic mass is 10.2. The van der Waals surface area contributed by atoms with Gasteiger partial charge in [-0.25, -0.2) is 9.97 Å². The number of aromatic nitrogens is 5. The van der Waals surface area contributed by atoms with Crippen molar-refractivity contribution in [2.75, 3.05) is 11.9 Å². The predicted octanol–water partition coefficient (Wildman–Crippen LogP) is 2.42. The summed E-state index contributed by atoms with van der Waals surface area (Å²) in [5.74, 6) is 0. The molecule has 122 valence electrons. The normalized spacial score (nSPS) is 13.2. The van der Waals surface area contributed by atoms with E-state index in [9.17, 15) is 0 Å². The van der Waals surface area contributed by atoms with Crippen LogP contribution in [0.3, 0.4) is 0 Å². The minimum Gasteiger partial charge on any atom is -0.334 e.